The van der Waals surface area contributed by atoms with E-state index in [-0.39, 0.29) is 0 Å². The monoisotopic (exact) mass is 337 g/mol. The molecule has 1 aliphatic heterocycles. The summed E-state index contributed by atoms with van der Waals surface area (Å²) in [7, 11) is 0. The Morgan fingerprint density at radius 1 is 0.812 bits per heavy atom. The maximum atomic E-state index is 3.51. The normalized spacial score (nSPS) is 12.6. The van der Waals surface area contributed by atoms with Gasteiger partial charge in [-0.3, -0.25) is 0 Å². The molecular weight excluding hydrogens is 330 g/mol. The molecule has 0 bridgehead atoms. The van der Waals surface area contributed by atoms with Gasteiger partial charge in [-0.25, -0.2) is 0 Å². The van der Waals surface area contributed by atoms with Gasteiger partial charge in [0, 0.05) is 26.7 Å². The third-order valence-electron chi connectivity index (χ3n) is 2.78. The molecule has 16 heavy (non-hydrogen) atoms. The maximum absolute atomic E-state index is 3.51. The van der Waals surface area contributed by atoms with Gasteiger partial charge < -0.3 is 5.32 Å². The van der Waals surface area contributed by atoms with E-state index >= 15 is 0 Å². The van der Waals surface area contributed by atoms with Crippen molar-refractivity contribution in [3.05, 3.63) is 56.5 Å². The molecule has 0 radical (unpaired) electrons. The highest BCUT2D eigenvalue weighted by Crippen LogP contribution is 2.35. The van der Waals surface area contributed by atoms with Crippen molar-refractivity contribution >= 4 is 43.2 Å². The molecule has 0 saturated carbocycles. The van der Waals surface area contributed by atoms with Crippen molar-refractivity contribution < 1.29 is 0 Å². The van der Waals surface area contributed by atoms with Gasteiger partial charge in [-0.15, -0.1) is 0 Å². The molecule has 80 valence electrons. The lowest BCUT2D eigenvalue weighted by atomic mass is 9.98. The molecule has 3 heteroatoms. The quantitative estimate of drug-likeness (QED) is 0.617. The predicted octanol–water partition coefficient (Wildman–Crippen LogP) is 4.86. The Kier molecular flexibility index (Phi) is 2.52. The third kappa shape index (κ3) is 1.78. The molecule has 0 spiro atoms. The van der Waals surface area contributed by atoms with Crippen LogP contribution >= 0.6 is 31.9 Å². The first kappa shape index (κ1) is 10.4. The van der Waals surface area contributed by atoms with Crippen molar-refractivity contribution in [2.75, 3.05) is 5.32 Å². The van der Waals surface area contributed by atoms with Gasteiger partial charge in [0.15, 0.2) is 0 Å². The van der Waals surface area contributed by atoms with Crippen LogP contribution < -0.4 is 5.32 Å². The molecule has 2 aromatic rings. The molecule has 0 aliphatic carbocycles. The molecule has 0 fully saturated rings. The van der Waals surface area contributed by atoms with Crippen LogP contribution in [0.3, 0.4) is 0 Å². The Morgan fingerprint density at radius 3 is 1.81 bits per heavy atom. The molecular formula is C13H9Br2N. The molecule has 1 aliphatic rings. The summed E-state index contributed by atoms with van der Waals surface area (Å²) in [6.07, 6.45) is 0.983. The summed E-state index contributed by atoms with van der Waals surface area (Å²) in [5.74, 6) is 0. The number of hydrogen-bond donors (Lipinski definition) is 1. The van der Waals surface area contributed by atoms with Gasteiger partial charge >= 0.3 is 0 Å². The Bertz CT molecular complexity index is 514. The van der Waals surface area contributed by atoms with Gasteiger partial charge in [-0.05, 0) is 47.5 Å². The van der Waals surface area contributed by atoms with E-state index in [9.17, 15) is 0 Å². The summed E-state index contributed by atoms with van der Waals surface area (Å²) in [6, 6.07) is 12.7. The first-order valence-corrected chi connectivity index (χ1v) is 6.65. The molecule has 2 aromatic carbocycles. The SMILES string of the molecule is Brc1ccc2c(c1)Cc1cc(Br)ccc1N2. The highest BCUT2D eigenvalue weighted by molar-refractivity contribution is 9.10. The second kappa shape index (κ2) is 3.90. The van der Waals surface area contributed by atoms with Crippen LogP contribution in [0.15, 0.2) is 45.3 Å². The molecule has 0 amide bonds. The van der Waals surface area contributed by atoms with Crippen molar-refractivity contribution in [3.63, 3.8) is 0 Å². The third-order valence-corrected chi connectivity index (χ3v) is 3.77. The van der Waals surface area contributed by atoms with Crippen molar-refractivity contribution in [3.8, 4) is 0 Å². The fourth-order valence-corrected chi connectivity index (χ4v) is 2.83. The first-order chi connectivity index (χ1) is 7.72. The smallest absolute Gasteiger partial charge is 0.0421 e. The number of fused-ring (bicyclic) bond motifs is 2. The molecule has 1 heterocycles. The first-order valence-electron chi connectivity index (χ1n) is 5.06. The highest BCUT2D eigenvalue weighted by Gasteiger charge is 2.14. The Morgan fingerprint density at radius 2 is 1.31 bits per heavy atom. The van der Waals surface area contributed by atoms with Gasteiger partial charge in [0.05, 0.1) is 0 Å². The van der Waals surface area contributed by atoms with E-state index in [1.165, 1.54) is 22.5 Å². The van der Waals surface area contributed by atoms with E-state index in [0.29, 0.717) is 0 Å². The standard InChI is InChI=1S/C13H9Br2N/c14-10-1-3-12-8(6-10)5-9-7-11(15)2-4-13(9)16-12/h1-4,6-7,16H,5H2. The van der Waals surface area contributed by atoms with Crippen LogP contribution in [0.1, 0.15) is 11.1 Å². The van der Waals surface area contributed by atoms with E-state index in [1.807, 2.05) is 0 Å². The molecule has 1 nitrogen and oxygen atoms in total. The Hall–Kier alpha value is -0.800. The number of anilines is 2. The lowest BCUT2D eigenvalue weighted by Gasteiger charge is -2.21. The fourth-order valence-electron chi connectivity index (χ4n) is 2.01. The lowest BCUT2D eigenvalue weighted by Crippen LogP contribution is -2.06. The maximum Gasteiger partial charge on any atom is 0.0421 e. The lowest BCUT2D eigenvalue weighted by molar-refractivity contribution is 1.15. The van der Waals surface area contributed by atoms with Gasteiger partial charge in [0.1, 0.15) is 0 Å². The largest absolute Gasteiger partial charge is 0.355 e. The van der Waals surface area contributed by atoms with Crippen LogP contribution in [0, 0.1) is 0 Å². The summed E-state index contributed by atoms with van der Waals surface area (Å²) in [4.78, 5) is 0. The van der Waals surface area contributed by atoms with Crippen LogP contribution in [0.25, 0.3) is 0 Å². The molecule has 0 aromatic heterocycles. The Balaban J connectivity index is 2.10. The van der Waals surface area contributed by atoms with Gasteiger partial charge in [-0.1, -0.05) is 31.9 Å². The molecule has 1 N–H and O–H groups in total. The van der Waals surface area contributed by atoms with Crippen LogP contribution in [0.5, 0.6) is 0 Å². The minimum Gasteiger partial charge on any atom is -0.355 e. The number of hydrogen-bond acceptors (Lipinski definition) is 1. The van der Waals surface area contributed by atoms with Gasteiger partial charge in [0.2, 0.25) is 0 Å². The van der Waals surface area contributed by atoms with Gasteiger partial charge in [0.25, 0.3) is 0 Å². The molecule has 0 saturated heterocycles. The van der Waals surface area contributed by atoms with E-state index < -0.39 is 0 Å². The summed E-state index contributed by atoms with van der Waals surface area (Å²) in [5.41, 5.74) is 5.08. The van der Waals surface area contributed by atoms with E-state index in [1.54, 1.807) is 0 Å². The van der Waals surface area contributed by atoms with Crippen molar-refractivity contribution in [2.45, 2.75) is 6.42 Å². The van der Waals surface area contributed by atoms with E-state index in [2.05, 4.69) is 73.6 Å². The predicted molar refractivity (Wildman–Crippen MR) is 74.4 cm³/mol. The van der Waals surface area contributed by atoms with E-state index in [0.717, 1.165) is 15.4 Å². The van der Waals surface area contributed by atoms with Crippen LogP contribution in [-0.2, 0) is 6.42 Å². The number of halogens is 2. The highest BCUT2D eigenvalue weighted by atomic mass is 79.9. The van der Waals surface area contributed by atoms with Crippen LogP contribution in [0.2, 0.25) is 0 Å². The number of nitrogens with one attached hydrogen (secondary N) is 1. The zero-order valence-electron chi connectivity index (χ0n) is 8.43. The number of benzene rings is 2. The second-order valence-corrected chi connectivity index (χ2v) is 5.74. The van der Waals surface area contributed by atoms with Crippen molar-refractivity contribution in [1.29, 1.82) is 0 Å². The van der Waals surface area contributed by atoms with Crippen molar-refractivity contribution in [2.24, 2.45) is 0 Å². The molecule has 3 rings (SSSR count). The summed E-state index contributed by atoms with van der Waals surface area (Å²) < 4.78 is 2.26. The number of rotatable bonds is 0. The van der Waals surface area contributed by atoms with Crippen LogP contribution in [-0.4, -0.2) is 0 Å². The average molecular weight is 339 g/mol. The molecule has 0 atom stereocenters. The van der Waals surface area contributed by atoms with Crippen molar-refractivity contribution in [1.82, 2.24) is 0 Å². The van der Waals surface area contributed by atoms with Crippen LogP contribution in [0.4, 0.5) is 11.4 Å². The van der Waals surface area contributed by atoms with Gasteiger partial charge in [-0.2, -0.15) is 0 Å². The molecule has 0 unspecified atom stereocenters. The second-order valence-electron chi connectivity index (χ2n) is 3.90. The minimum absolute atomic E-state index is 0.983. The topological polar surface area (TPSA) is 12.0 Å². The summed E-state index contributed by atoms with van der Waals surface area (Å²) in [5, 5.41) is 3.45. The zero-order chi connectivity index (χ0) is 11.1. The summed E-state index contributed by atoms with van der Waals surface area (Å²) >= 11 is 7.02. The minimum atomic E-state index is 0.983. The van der Waals surface area contributed by atoms with E-state index in [4.69, 9.17) is 0 Å². The fraction of sp³-hybridized carbons (Fsp3) is 0.0769. The zero-order valence-corrected chi connectivity index (χ0v) is 11.6. The average Bonchev–Trinajstić information content (AvgIpc) is 2.26. The Labute approximate surface area is 111 Å². The summed E-state index contributed by atoms with van der Waals surface area (Å²) in [6.45, 7) is 0.